The average molecular weight is 492 g/mol. The van der Waals surface area contributed by atoms with Crippen LogP contribution in [0.3, 0.4) is 0 Å². The normalized spacial score (nSPS) is 18.2. The van der Waals surface area contributed by atoms with Crippen LogP contribution in [0.1, 0.15) is 31.2 Å². The Morgan fingerprint density at radius 3 is 2.91 bits per heavy atom. The summed E-state index contributed by atoms with van der Waals surface area (Å²) >= 11 is 4.87. The third-order valence-electron chi connectivity index (χ3n) is 5.48. The zero-order chi connectivity index (χ0) is 22.4. The van der Waals surface area contributed by atoms with Crippen LogP contribution in [0.4, 0.5) is 0 Å². The van der Waals surface area contributed by atoms with E-state index in [0.29, 0.717) is 5.69 Å². The Labute approximate surface area is 201 Å². The van der Waals surface area contributed by atoms with Gasteiger partial charge in [0.1, 0.15) is 5.69 Å². The van der Waals surface area contributed by atoms with E-state index < -0.39 is 0 Å². The molecular formula is C24H21N5OS3. The summed E-state index contributed by atoms with van der Waals surface area (Å²) in [4.78, 5) is 21.7. The van der Waals surface area contributed by atoms with Crippen LogP contribution >= 0.6 is 34.4 Å². The van der Waals surface area contributed by atoms with Gasteiger partial charge in [0.25, 0.3) is 0 Å². The summed E-state index contributed by atoms with van der Waals surface area (Å²) < 4.78 is 4.08. The number of hydrogen-bond donors (Lipinski definition) is 2. The van der Waals surface area contributed by atoms with Gasteiger partial charge < -0.3 is 10.1 Å². The summed E-state index contributed by atoms with van der Waals surface area (Å²) in [5, 5.41) is 11.8. The van der Waals surface area contributed by atoms with Crippen molar-refractivity contribution in [2.24, 2.45) is 10.9 Å². The van der Waals surface area contributed by atoms with Crippen molar-refractivity contribution in [1.29, 1.82) is 0 Å². The van der Waals surface area contributed by atoms with E-state index in [-0.39, 0.29) is 5.88 Å². The van der Waals surface area contributed by atoms with Crippen molar-refractivity contribution in [1.82, 2.24) is 19.9 Å². The Morgan fingerprint density at radius 1 is 1.18 bits per heavy atom. The molecule has 0 atom stereocenters. The number of benzene rings is 1. The van der Waals surface area contributed by atoms with Crippen LogP contribution in [0.2, 0.25) is 0 Å². The predicted octanol–water partition coefficient (Wildman–Crippen LogP) is 4.07. The third-order valence-corrected chi connectivity index (χ3v) is 8.41. The second-order valence-corrected chi connectivity index (χ2v) is 11.4. The van der Waals surface area contributed by atoms with Crippen molar-refractivity contribution in [3.63, 3.8) is 0 Å². The summed E-state index contributed by atoms with van der Waals surface area (Å²) in [6, 6.07) is 6.11. The van der Waals surface area contributed by atoms with Gasteiger partial charge in [-0.1, -0.05) is 24.8 Å². The fraction of sp³-hybridized carbons (Fsp3) is 0.250. The molecule has 0 bridgehead atoms. The number of nitrogens with one attached hydrogen (secondary N) is 1. The molecule has 0 spiro atoms. The summed E-state index contributed by atoms with van der Waals surface area (Å²) in [5.74, 6) is 1.70. The quantitative estimate of drug-likeness (QED) is 0.411. The monoisotopic (exact) mass is 491 g/mol. The number of aromatic hydroxyl groups is 1. The minimum absolute atomic E-state index is 0.0220. The zero-order valence-electron chi connectivity index (χ0n) is 17.9. The molecule has 0 saturated heterocycles. The van der Waals surface area contributed by atoms with E-state index in [0.717, 1.165) is 64.1 Å². The van der Waals surface area contributed by atoms with Crippen molar-refractivity contribution in [3.05, 3.63) is 54.7 Å². The molecule has 4 aromatic rings. The topological polar surface area (TPSA) is 87.1 Å². The molecule has 33 heavy (non-hydrogen) atoms. The molecule has 166 valence electrons. The number of fused-ring (bicyclic) bond motifs is 2. The Hall–Kier alpha value is -2.75. The van der Waals surface area contributed by atoms with Crippen LogP contribution in [0.5, 0.6) is 5.88 Å². The number of aromatic nitrogens is 4. The molecule has 6 nitrogen and oxygen atoms in total. The Kier molecular flexibility index (Phi) is 5.40. The van der Waals surface area contributed by atoms with E-state index in [1.807, 2.05) is 18.2 Å². The molecule has 1 saturated carbocycles. The van der Waals surface area contributed by atoms with Gasteiger partial charge >= 0.3 is 0 Å². The lowest BCUT2D eigenvalue weighted by Crippen LogP contribution is -2.07. The van der Waals surface area contributed by atoms with Crippen molar-refractivity contribution in [3.8, 4) is 5.88 Å². The van der Waals surface area contributed by atoms with Crippen LogP contribution in [-0.4, -0.2) is 43.1 Å². The lowest BCUT2D eigenvalue weighted by molar-refractivity contribution is 0.453. The molecule has 3 aromatic heterocycles. The molecular weight excluding hydrogens is 470 g/mol. The lowest BCUT2D eigenvalue weighted by Gasteiger charge is -1.98. The van der Waals surface area contributed by atoms with Crippen LogP contribution < -0.4 is 9.75 Å². The van der Waals surface area contributed by atoms with Crippen molar-refractivity contribution in [2.75, 3.05) is 12.3 Å². The van der Waals surface area contributed by atoms with Gasteiger partial charge in [0.15, 0.2) is 14.5 Å². The number of nitrogens with zero attached hydrogens (tertiary/aromatic N) is 4. The summed E-state index contributed by atoms with van der Waals surface area (Å²) in [6.45, 7) is 2.99. The molecule has 2 aliphatic rings. The van der Waals surface area contributed by atoms with E-state index in [2.05, 4.69) is 41.2 Å². The van der Waals surface area contributed by atoms with Gasteiger partial charge in [-0.3, -0.25) is 4.99 Å². The van der Waals surface area contributed by atoms with Gasteiger partial charge in [-0.15, -0.1) is 22.7 Å². The number of aromatic amines is 1. The average Bonchev–Trinajstić information content (AvgIpc) is 3.22. The summed E-state index contributed by atoms with van der Waals surface area (Å²) in [6.07, 6.45) is 10.8. The second-order valence-electron chi connectivity index (χ2n) is 8.06. The van der Waals surface area contributed by atoms with Gasteiger partial charge in [0, 0.05) is 6.54 Å². The Balaban J connectivity index is 1.38. The van der Waals surface area contributed by atoms with E-state index in [9.17, 15) is 5.11 Å². The van der Waals surface area contributed by atoms with Gasteiger partial charge in [-0.25, -0.2) is 9.97 Å². The first kappa shape index (κ1) is 20.8. The van der Waals surface area contributed by atoms with Gasteiger partial charge in [0.2, 0.25) is 5.88 Å². The smallest absolute Gasteiger partial charge is 0.237 e. The van der Waals surface area contributed by atoms with Crippen LogP contribution in [-0.2, 0) is 0 Å². The number of rotatable bonds is 5. The highest BCUT2D eigenvalue weighted by Gasteiger charge is 2.20. The maximum atomic E-state index is 10.1. The summed E-state index contributed by atoms with van der Waals surface area (Å²) in [5.41, 5.74) is 3.59. The number of allylic oxidation sites excluding steroid dienone is 1. The van der Waals surface area contributed by atoms with Crippen molar-refractivity contribution in [2.45, 2.75) is 24.9 Å². The van der Waals surface area contributed by atoms with E-state index in [4.69, 9.17) is 15.0 Å². The van der Waals surface area contributed by atoms with E-state index in [1.54, 1.807) is 34.4 Å². The van der Waals surface area contributed by atoms with Crippen LogP contribution in [0.25, 0.3) is 28.4 Å². The minimum atomic E-state index is 0.0220. The van der Waals surface area contributed by atoms with Crippen molar-refractivity contribution >= 4 is 68.6 Å². The van der Waals surface area contributed by atoms with Crippen LogP contribution in [0, 0.1) is 15.2 Å². The molecule has 0 aliphatic heterocycles. The molecule has 0 amide bonds. The van der Waals surface area contributed by atoms with Crippen molar-refractivity contribution < 1.29 is 5.11 Å². The highest BCUT2D eigenvalue weighted by atomic mass is 32.2. The fourth-order valence-electron chi connectivity index (χ4n) is 3.59. The first-order valence-electron chi connectivity index (χ1n) is 10.9. The molecule has 2 aliphatic carbocycles. The van der Waals surface area contributed by atoms with Crippen LogP contribution in [0.15, 0.2) is 34.4 Å². The number of thioether (sulfide) groups is 1. The Morgan fingerprint density at radius 2 is 2.06 bits per heavy atom. The largest absolute Gasteiger partial charge is 0.492 e. The third kappa shape index (κ3) is 4.40. The van der Waals surface area contributed by atoms with E-state index >= 15 is 0 Å². The molecule has 9 heteroatoms. The fourth-order valence-corrected chi connectivity index (χ4v) is 6.23. The highest BCUT2D eigenvalue weighted by Crippen LogP contribution is 2.29. The van der Waals surface area contributed by atoms with Gasteiger partial charge in [-0.2, -0.15) is 4.98 Å². The number of aliphatic imine (C=N–C) groups is 1. The molecule has 3 heterocycles. The first-order chi connectivity index (χ1) is 16.1. The number of hydrogen-bond acceptors (Lipinski definition) is 8. The first-order valence-corrected chi connectivity index (χ1v) is 13.5. The predicted molar refractivity (Wildman–Crippen MR) is 137 cm³/mol. The highest BCUT2D eigenvalue weighted by molar-refractivity contribution is 7.99. The zero-order valence-corrected chi connectivity index (χ0v) is 20.4. The molecule has 0 unspecified atom stereocenters. The van der Waals surface area contributed by atoms with Gasteiger partial charge in [0.05, 0.1) is 26.2 Å². The number of H-pyrrole nitrogens is 1. The molecule has 6 rings (SSSR count). The SMILES string of the molecule is CCSc1nc(O)c(C=c2ccc3nc(=c4nc5c(s4)=CC(=NCC4CC4)C=C5)sc3c2)[nH]1. The minimum Gasteiger partial charge on any atom is -0.492 e. The molecule has 2 N–H and O–H groups in total. The number of thiazole rings is 2. The molecule has 0 radical (unpaired) electrons. The molecule has 1 aromatic carbocycles. The second kappa shape index (κ2) is 8.55. The molecule has 1 fully saturated rings. The standard InChI is InChI=1S/C24H21N5OS3/c1-2-31-24-28-18(21(30)29-24)9-14-5-7-16-19(10-14)32-22(26-16)23-27-17-8-6-15(11-20(17)33-23)25-12-13-3-4-13/h5-11,13,30H,2-4,12H2,1H3,(H,28,29). The maximum absolute atomic E-state index is 10.1. The lowest BCUT2D eigenvalue weighted by atomic mass is 10.2. The number of imidazole rings is 1. The van der Waals surface area contributed by atoms with E-state index in [1.165, 1.54) is 12.8 Å². The Bertz CT molecular complexity index is 1640. The van der Waals surface area contributed by atoms with Gasteiger partial charge in [-0.05, 0) is 66.2 Å². The summed E-state index contributed by atoms with van der Waals surface area (Å²) in [7, 11) is 0. The maximum Gasteiger partial charge on any atom is 0.237 e.